The van der Waals surface area contributed by atoms with Crippen molar-refractivity contribution >= 4 is 22.9 Å². The van der Waals surface area contributed by atoms with Crippen molar-refractivity contribution < 1.29 is 9.72 Å². The van der Waals surface area contributed by atoms with Gasteiger partial charge in [0.05, 0.1) is 22.5 Å². The predicted molar refractivity (Wildman–Crippen MR) is 72.4 cm³/mol. The molecule has 2 aromatic heterocycles. The molecule has 0 aliphatic carbocycles. The number of aromatic nitrogens is 1. The minimum atomic E-state index is -0.586. The molecule has 9 heteroatoms. The van der Waals surface area contributed by atoms with Crippen molar-refractivity contribution in [2.24, 2.45) is 5.84 Å². The minimum absolute atomic E-state index is 0.0623. The number of nitrogens with one attached hydrogen (secondary N) is 1. The van der Waals surface area contributed by atoms with E-state index in [0.29, 0.717) is 10.4 Å². The van der Waals surface area contributed by atoms with Crippen LogP contribution in [0, 0.1) is 10.1 Å². The maximum Gasteiger partial charge on any atom is 0.285 e. The van der Waals surface area contributed by atoms with E-state index in [2.05, 4.69) is 0 Å². The molecular weight excluding hydrogens is 284 g/mol. The summed E-state index contributed by atoms with van der Waals surface area (Å²) < 4.78 is 1.17. The number of thiophene rings is 1. The fourth-order valence-corrected chi connectivity index (χ4v) is 2.48. The molecule has 2 aromatic rings. The second-order valence-electron chi connectivity index (χ2n) is 3.86. The monoisotopic (exact) mass is 294 g/mol. The molecular formula is C11H10N4O4S. The Labute approximate surface area is 116 Å². The summed E-state index contributed by atoms with van der Waals surface area (Å²) in [6.07, 6.45) is 1.14. The number of nitro groups is 1. The quantitative estimate of drug-likeness (QED) is 0.367. The fraction of sp³-hybridized carbons (Fsp3) is 0.0909. The highest BCUT2D eigenvalue weighted by molar-refractivity contribution is 7.12. The third-order valence-electron chi connectivity index (χ3n) is 2.60. The maximum absolute atomic E-state index is 11.7. The summed E-state index contributed by atoms with van der Waals surface area (Å²) in [4.78, 5) is 33.7. The number of nitrogens with two attached hydrogens (primary N) is 1. The molecule has 1 amide bonds. The van der Waals surface area contributed by atoms with Crippen molar-refractivity contribution in [1.82, 2.24) is 9.99 Å². The molecule has 0 fully saturated rings. The Balaban J connectivity index is 2.38. The Morgan fingerprint density at radius 1 is 1.45 bits per heavy atom. The number of hydrogen-bond acceptors (Lipinski definition) is 6. The molecule has 2 rings (SSSR count). The Morgan fingerprint density at radius 3 is 2.85 bits per heavy atom. The molecule has 0 radical (unpaired) electrons. The molecule has 0 unspecified atom stereocenters. The normalized spacial score (nSPS) is 10.2. The Morgan fingerprint density at radius 2 is 2.20 bits per heavy atom. The van der Waals surface area contributed by atoms with E-state index in [4.69, 9.17) is 5.84 Å². The topological polar surface area (TPSA) is 120 Å². The van der Waals surface area contributed by atoms with Gasteiger partial charge in [0.2, 0.25) is 0 Å². The van der Waals surface area contributed by atoms with Gasteiger partial charge in [-0.2, -0.15) is 0 Å². The zero-order chi connectivity index (χ0) is 14.7. The minimum Gasteiger partial charge on any atom is -0.304 e. The number of carbonyl (C=O) groups is 1. The third-order valence-corrected chi connectivity index (χ3v) is 3.56. The van der Waals surface area contributed by atoms with Crippen LogP contribution < -0.4 is 16.8 Å². The zero-order valence-corrected chi connectivity index (χ0v) is 10.9. The third kappa shape index (κ3) is 2.73. The molecule has 0 saturated heterocycles. The van der Waals surface area contributed by atoms with E-state index in [1.807, 2.05) is 5.43 Å². The van der Waals surface area contributed by atoms with E-state index in [-0.39, 0.29) is 17.8 Å². The van der Waals surface area contributed by atoms with E-state index in [1.165, 1.54) is 15.9 Å². The van der Waals surface area contributed by atoms with Gasteiger partial charge in [-0.3, -0.25) is 25.1 Å². The number of nitrogens with zero attached hydrogens (tertiary/aromatic N) is 2. The number of pyridine rings is 1. The van der Waals surface area contributed by atoms with Crippen LogP contribution in [0.15, 0.2) is 34.6 Å². The second-order valence-corrected chi connectivity index (χ2v) is 4.78. The summed E-state index contributed by atoms with van der Waals surface area (Å²) in [6, 6.07) is 3.92. The lowest BCUT2D eigenvalue weighted by molar-refractivity contribution is -0.385. The number of hydrazine groups is 1. The summed E-state index contributed by atoms with van der Waals surface area (Å²) in [5.41, 5.74) is 2.01. The zero-order valence-electron chi connectivity index (χ0n) is 10.1. The summed E-state index contributed by atoms with van der Waals surface area (Å²) in [5.74, 6) is 4.60. The smallest absolute Gasteiger partial charge is 0.285 e. The second kappa shape index (κ2) is 5.63. The first kappa shape index (κ1) is 13.9. The van der Waals surface area contributed by atoms with E-state index in [1.54, 1.807) is 11.4 Å². The molecule has 104 valence electrons. The maximum atomic E-state index is 11.7. The van der Waals surface area contributed by atoms with E-state index in [0.717, 1.165) is 18.3 Å². The van der Waals surface area contributed by atoms with E-state index < -0.39 is 10.8 Å². The number of hydrogen-bond donors (Lipinski definition) is 2. The van der Waals surface area contributed by atoms with Crippen LogP contribution in [-0.2, 0) is 6.54 Å². The first-order valence-electron chi connectivity index (χ1n) is 5.45. The summed E-state index contributed by atoms with van der Waals surface area (Å²) in [7, 11) is 0. The van der Waals surface area contributed by atoms with Gasteiger partial charge < -0.3 is 4.57 Å². The van der Waals surface area contributed by atoms with Crippen molar-refractivity contribution in [3.05, 3.63) is 60.7 Å². The van der Waals surface area contributed by atoms with Crippen molar-refractivity contribution in [3.8, 4) is 0 Å². The average Bonchev–Trinajstić information content (AvgIpc) is 2.88. The number of amides is 1. The highest BCUT2D eigenvalue weighted by Crippen LogP contribution is 2.18. The molecule has 0 aliphatic rings. The largest absolute Gasteiger partial charge is 0.304 e. The highest BCUT2D eigenvalue weighted by atomic mass is 32.1. The standard InChI is InChI=1S/C11H10N4O4S/c12-13-11(17)10-7(3-4-20-10)5-14-6-8(15(18)19)1-2-9(14)16/h1-4,6H,5,12H2,(H,13,17). The van der Waals surface area contributed by atoms with Crippen molar-refractivity contribution in [1.29, 1.82) is 0 Å². The van der Waals surface area contributed by atoms with Gasteiger partial charge in [0, 0.05) is 12.1 Å². The lowest BCUT2D eigenvalue weighted by atomic mass is 10.2. The SMILES string of the molecule is NNC(=O)c1sccc1Cn1cc([N+](=O)[O-])ccc1=O. The van der Waals surface area contributed by atoms with Crippen molar-refractivity contribution in [3.63, 3.8) is 0 Å². The molecule has 0 bridgehead atoms. The van der Waals surface area contributed by atoms with E-state index in [9.17, 15) is 19.7 Å². The summed E-state index contributed by atoms with van der Waals surface area (Å²) in [5, 5.41) is 12.4. The molecule has 0 aliphatic heterocycles. The molecule has 0 saturated carbocycles. The molecule has 20 heavy (non-hydrogen) atoms. The van der Waals surface area contributed by atoms with Crippen LogP contribution in [0.1, 0.15) is 15.2 Å². The van der Waals surface area contributed by atoms with Gasteiger partial charge in [-0.1, -0.05) is 0 Å². The highest BCUT2D eigenvalue weighted by Gasteiger charge is 2.14. The summed E-state index contributed by atoms with van der Waals surface area (Å²) in [6.45, 7) is 0.0623. The number of nitrogen functional groups attached to an aromatic ring is 1. The van der Waals surface area contributed by atoms with E-state index >= 15 is 0 Å². The van der Waals surface area contributed by atoms with Gasteiger partial charge in [0.25, 0.3) is 17.2 Å². The first-order chi connectivity index (χ1) is 9.52. The van der Waals surface area contributed by atoms with Gasteiger partial charge in [0.1, 0.15) is 0 Å². The van der Waals surface area contributed by atoms with Gasteiger partial charge >= 0.3 is 0 Å². The van der Waals surface area contributed by atoms with Crippen molar-refractivity contribution in [2.45, 2.75) is 6.54 Å². The summed E-state index contributed by atoms with van der Waals surface area (Å²) >= 11 is 1.18. The number of carbonyl (C=O) groups excluding carboxylic acids is 1. The molecule has 3 N–H and O–H groups in total. The molecule has 0 spiro atoms. The van der Waals surface area contributed by atoms with Crippen LogP contribution in [0.3, 0.4) is 0 Å². The van der Waals surface area contributed by atoms with Gasteiger partial charge in [-0.05, 0) is 17.0 Å². The van der Waals surface area contributed by atoms with Gasteiger partial charge in [-0.25, -0.2) is 5.84 Å². The Hall–Kier alpha value is -2.52. The molecule has 8 nitrogen and oxygen atoms in total. The molecule has 0 atom stereocenters. The van der Waals surface area contributed by atoms with Crippen LogP contribution in [0.25, 0.3) is 0 Å². The molecule has 0 aromatic carbocycles. The number of rotatable bonds is 4. The lowest BCUT2D eigenvalue weighted by Gasteiger charge is -2.06. The van der Waals surface area contributed by atoms with Crippen LogP contribution in [0.5, 0.6) is 0 Å². The van der Waals surface area contributed by atoms with Crippen molar-refractivity contribution in [2.75, 3.05) is 0 Å². The first-order valence-corrected chi connectivity index (χ1v) is 6.33. The molecule has 2 heterocycles. The Kier molecular flexibility index (Phi) is 3.91. The lowest BCUT2D eigenvalue weighted by Crippen LogP contribution is -2.30. The van der Waals surface area contributed by atoms with Crippen LogP contribution in [0.4, 0.5) is 5.69 Å². The average molecular weight is 294 g/mol. The van der Waals surface area contributed by atoms with Gasteiger partial charge in [-0.15, -0.1) is 11.3 Å². The Bertz CT molecular complexity index is 721. The van der Waals surface area contributed by atoms with Crippen LogP contribution in [0.2, 0.25) is 0 Å². The fourth-order valence-electron chi connectivity index (χ4n) is 1.66. The van der Waals surface area contributed by atoms with Gasteiger partial charge in [0.15, 0.2) is 0 Å². The van der Waals surface area contributed by atoms with Crippen LogP contribution in [-0.4, -0.2) is 15.4 Å². The van der Waals surface area contributed by atoms with Crippen LogP contribution >= 0.6 is 11.3 Å². The predicted octanol–water partition coefficient (Wildman–Crippen LogP) is 0.470.